The van der Waals surface area contributed by atoms with Gasteiger partial charge in [0.1, 0.15) is 12.4 Å². The minimum absolute atomic E-state index is 0.241. The summed E-state index contributed by atoms with van der Waals surface area (Å²) in [5.41, 5.74) is 6.61. The van der Waals surface area contributed by atoms with Crippen LogP contribution in [0, 0.1) is 12.7 Å². The lowest BCUT2D eigenvalue weighted by Gasteiger charge is -2.45. The highest BCUT2D eigenvalue weighted by Crippen LogP contribution is 2.42. The van der Waals surface area contributed by atoms with E-state index >= 15 is 0 Å². The van der Waals surface area contributed by atoms with Crippen molar-refractivity contribution >= 4 is 17.6 Å². The summed E-state index contributed by atoms with van der Waals surface area (Å²) < 4.78 is 27.8. The number of nitrogens with zero attached hydrogens (tertiary/aromatic N) is 5. The standard InChI is InChI=1S/C28H28FN5O2/c1-19-17-32(18-30-19)25-9-2-20(23-7-8-24(23)25)16-26-27-31-28(10-13-35-14-11-28)34(33(27)12-15-36-26)22-5-3-21(29)4-6-22/h2-6,9,16-18H,7-8,10-15H2,1H3/b26-16-. The van der Waals surface area contributed by atoms with Gasteiger partial charge in [-0.3, -0.25) is 10.0 Å². The van der Waals surface area contributed by atoms with Gasteiger partial charge < -0.3 is 14.0 Å². The second-order valence-corrected chi connectivity index (χ2v) is 9.85. The van der Waals surface area contributed by atoms with E-state index in [4.69, 9.17) is 14.5 Å². The lowest BCUT2D eigenvalue weighted by Crippen LogP contribution is -2.56. The Morgan fingerprint density at radius 3 is 2.53 bits per heavy atom. The molecule has 7 nitrogen and oxygen atoms in total. The second kappa shape index (κ2) is 8.20. The van der Waals surface area contributed by atoms with E-state index in [1.54, 1.807) is 0 Å². The third-order valence-electron chi connectivity index (χ3n) is 7.68. The van der Waals surface area contributed by atoms with Gasteiger partial charge in [-0.15, -0.1) is 0 Å². The van der Waals surface area contributed by atoms with E-state index in [0.717, 1.165) is 48.7 Å². The van der Waals surface area contributed by atoms with E-state index in [-0.39, 0.29) is 5.82 Å². The summed E-state index contributed by atoms with van der Waals surface area (Å²) in [6.07, 6.45) is 9.75. The van der Waals surface area contributed by atoms with E-state index in [1.807, 2.05) is 25.4 Å². The smallest absolute Gasteiger partial charge is 0.188 e. The van der Waals surface area contributed by atoms with Gasteiger partial charge in [0.15, 0.2) is 17.3 Å². The van der Waals surface area contributed by atoms with Crippen LogP contribution in [0.4, 0.5) is 10.1 Å². The van der Waals surface area contributed by atoms with Crippen LogP contribution in [-0.4, -0.2) is 52.4 Å². The molecular weight excluding hydrogens is 457 g/mol. The van der Waals surface area contributed by atoms with Gasteiger partial charge in [-0.2, -0.15) is 0 Å². The van der Waals surface area contributed by atoms with Gasteiger partial charge in [0, 0.05) is 24.7 Å². The van der Waals surface area contributed by atoms with E-state index in [0.29, 0.717) is 26.4 Å². The van der Waals surface area contributed by atoms with E-state index in [2.05, 4.69) is 44.0 Å². The monoisotopic (exact) mass is 485 g/mol. The van der Waals surface area contributed by atoms with Gasteiger partial charge in [0.25, 0.3) is 0 Å². The maximum Gasteiger partial charge on any atom is 0.188 e. The summed E-state index contributed by atoms with van der Waals surface area (Å²) in [5, 5.41) is 4.45. The van der Waals surface area contributed by atoms with Gasteiger partial charge in [0.2, 0.25) is 0 Å². The molecule has 2 saturated heterocycles. The van der Waals surface area contributed by atoms with Crippen LogP contribution in [0.5, 0.6) is 0 Å². The molecule has 0 unspecified atom stereocenters. The number of halogens is 1. The first kappa shape index (κ1) is 21.6. The number of aryl methyl sites for hydroxylation is 1. The van der Waals surface area contributed by atoms with Crippen LogP contribution in [0.1, 0.15) is 35.2 Å². The molecule has 7 rings (SSSR count). The number of aliphatic imine (C=N–C) groups is 1. The molecule has 4 aliphatic rings. The molecular formula is C28H28FN5O2. The molecule has 184 valence electrons. The van der Waals surface area contributed by atoms with Crippen LogP contribution in [0.15, 0.2) is 59.7 Å². The molecule has 0 saturated carbocycles. The zero-order chi connectivity index (χ0) is 24.3. The first-order chi connectivity index (χ1) is 17.6. The molecule has 0 atom stereocenters. The van der Waals surface area contributed by atoms with Crippen molar-refractivity contribution in [1.29, 1.82) is 0 Å². The normalized spacial score (nSPS) is 21.2. The van der Waals surface area contributed by atoms with Gasteiger partial charge in [-0.25, -0.2) is 14.4 Å². The lowest BCUT2D eigenvalue weighted by molar-refractivity contribution is 0.0438. The highest BCUT2D eigenvalue weighted by Gasteiger charge is 2.50. The topological polar surface area (TPSA) is 55.1 Å². The number of fused-ring (bicyclic) bond motifs is 2. The minimum Gasteiger partial charge on any atom is -0.488 e. The predicted octanol–water partition coefficient (Wildman–Crippen LogP) is 4.43. The van der Waals surface area contributed by atoms with Crippen LogP contribution in [0.25, 0.3) is 11.8 Å². The molecule has 3 aliphatic heterocycles. The molecule has 1 aromatic heterocycles. The fraction of sp³-hybridized carbons (Fsp3) is 0.357. The number of benzene rings is 2. The molecule has 1 spiro atoms. The Kier molecular flexibility index (Phi) is 4.92. The number of amidine groups is 1. The lowest BCUT2D eigenvalue weighted by atomic mass is 9.83. The van der Waals surface area contributed by atoms with Gasteiger partial charge >= 0.3 is 0 Å². The average molecular weight is 486 g/mol. The minimum atomic E-state index is -0.452. The maximum atomic E-state index is 13.7. The Morgan fingerprint density at radius 2 is 1.81 bits per heavy atom. The number of ether oxygens (including phenoxy) is 2. The number of hydrazine groups is 1. The first-order valence-corrected chi connectivity index (χ1v) is 12.6. The quantitative estimate of drug-likeness (QED) is 0.549. The average Bonchev–Trinajstić information content (AvgIpc) is 3.43. The number of anilines is 1. The fourth-order valence-corrected chi connectivity index (χ4v) is 5.82. The second-order valence-electron chi connectivity index (χ2n) is 9.85. The van der Waals surface area contributed by atoms with Crippen LogP contribution in [-0.2, 0) is 22.3 Å². The Hall–Kier alpha value is -3.65. The number of hydrogen-bond donors (Lipinski definition) is 0. The molecule has 2 aromatic carbocycles. The Balaban J connectivity index is 1.28. The van der Waals surface area contributed by atoms with Crippen LogP contribution in [0.2, 0.25) is 0 Å². The van der Waals surface area contributed by atoms with Gasteiger partial charge in [-0.05, 0) is 72.9 Å². The number of morpholine rings is 1. The van der Waals surface area contributed by atoms with Crippen molar-refractivity contribution < 1.29 is 13.9 Å². The van der Waals surface area contributed by atoms with Crippen molar-refractivity contribution in [2.45, 2.75) is 38.3 Å². The summed E-state index contributed by atoms with van der Waals surface area (Å²) in [7, 11) is 0. The Morgan fingerprint density at radius 1 is 1.00 bits per heavy atom. The van der Waals surface area contributed by atoms with E-state index in [9.17, 15) is 4.39 Å². The summed E-state index contributed by atoms with van der Waals surface area (Å²) in [5.74, 6) is 1.39. The van der Waals surface area contributed by atoms with Crippen LogP contribution >= 0.6 is 0 Å². The molecule has 0 N–H and O–H groups in total. The molecule has 1 aliphatic carbocycles. The zero-order valence-corrected chi connectivity index (χ0v) is 20.3. The molecule has 8 heteroatoms. The Labute approximate surface area is 209 Å². The molecule has 0 bridgehead atoms. The predicted molar refractivity (Wildman–Crippen MR) is 135 cm³/mol. The molecule has 3 aromatic rings. The van der Waals surface area contributed by atoms with Crippen LogP contribution in [0.3, 0.4) is 0 Å². The van der Waals surface area contributed by atoms with Crippen molar-refractivity contribution in [2.24, 2.45) is 4.99 Å². The Bertz CT molecular complexity index is 1390. The molecule has 2 fully saturated rings. The van der Waals surface area contributed by atoms with Crippen LogP contribution < -0.4 is 5.01 Å². The van der Waals surface area contributed by atoms with E-state index in [1.165, 1.54) is 34.5 Å². The molecule has 0 radical (unpaired) electrons. The SMILES string of the molecule is Cc1cn(-c2ccc(/C=C3\OCCN4C3=NC3(CCOCC3)N4c3ccc(F)cc3)c3c2CC3)cn1. The van der Waals surface area contributed by atoms with Crippen molar-refractivity contribution in [1.82, 2.24) is 14.6 Å². The summed E-state index contributed by atoms with van der Waals surface area (Å²) in [6.45, 7) is 4.54. The molecule has 4 heterocycles. The first-order valence-electron chi connectivity index (χ1n) is 12.6. The number of imidazole rings is 1. The fourth-order valence-electron chi connectivity index (χ4n) is 5.82. The van der Waals surface area contributed by atoms with Crippen molar-refractivity contribution in [2.75, 3.05) is 31.4 Å². The highest BCUT2D eigenvalue weighted by atomic mass is 19.1. The van der Waals surface area contributed by atoms with E-state index < -0.39 is 5.66 Å². The maximum absolute atomic E-state index is 13.7. The van der Waals surface area contributed by atoms with Gasteiger partial charge in [0.05, 0.1) is 37.5 Å². The third-order valence-corrected chi connectivity index (χ3v) is 7.68. The summed E-state index contributed by atoms with van der Waals surface area (Å²) >= 11 is 0. The number of hydrogen-bond acceptors (Lipinski definition) is 6. The van der Waals surface area contributed by atoms with Gasteiger partial charge in [-0.1, -0.05) is 6.07 Å². The van der Waals surface area contributed by atoms with Crippen molar-refractivity contribution in [3.05, 3.63) is 82.9 Å². The summed E-state index contributed by atoms with van der Waals surface area (Å²) in [6, 6.07) is 11.1. The molecule has 0 amide bonds. The third kappa shape index (κ3) is 3.35. The summed E-state index contributed by atoms with van der Waals surface area (Å²) in [4.78, 5) is 9.68. The van der Waals surface area contributed by atoms with Crippen molar-refractivity contribution in [3.8, 4) is 5.69 Å². The number of rotatable bonds is 3. The highest BCUT2D eigenvalue weighted by molar-refractivity contribution is 6.03. The molecule has 36 heavy (non-hydrogen) atoms. The number of aromatic nitrogens is 2. The zero-order valence-electron chi connectivity index (χ0n) is 20.3. The largest absolute Gasteiger partial charge is 0.488 e. The van der Waals surface area contributed by atoms with Crippen molar-refractivity contribution in [3.63, 3.8) is 0 Å².